The van der Waals surface area contributed by atoms with Gasteiger partial charge in [-0.05, 0) is 39.0 Å². The van der Waals surface area contributed by atoms with Gasteiger partial charge in [-0.1, -0.05) is 26.2 Å². The van der Waals surface area contributed by atoms with Gasteiger partial charge in [0.05, 0.1) is 11.6 Å². The summed E-state index contributed by atoms with van der Waals surface area (Å²) in [5.74, 6) is 0. The molecule has 1 aliphatic carbocycles. The van der Waals surface area contributed by atoms with E-state index in [1.54, 1.807) is 0 Å². The maximum absolute atomic E-state index is 6.19. The number of nitrogens with one attached hydrogen (secondary N) is 1. The van der Waals surface area contributed by atoms with Gasteiger partial charge in [0.15, 0.2) is 0 Å². The second-order valence-corrected chi connectivity index (χ2v) is 7.84. The average Bonchev–Trinajstić information content (AvgIpc) is 2.97. The van der Waals surface area contributed by atoms with Crippen LogP contribution in [-0.4, -0.2) is 23.2 Å². The first kappa shape index (κ1) is 15.4. The second-order valence-electron chi connectivity index (χ2n) is 6.69. The highest BCUT2D eigenvalue weighted by Gasteiger charge is 2.38. The van der Waals surface area contributed by atoms with Crippen LogP contribution in [0.25, 0.3) is 0 Å². The van der Waals surface area contributed by atoms with Crippen LogP contribution in [0.4, 0.5) is 0 Å². The molecule has 4 heteroatoms. The Labute approximate surface area is 132 Å². The van der Waals surface area contributed by atoms with Crippen molar-refractivity contribution in [3.63, 3.8) is 0 Å². The summed E-state index contributed by atoms with van der Waals surface area (Å²) in [5, 5.41) is 5.04. The molecule has 2 atom stereocenters. The van der Waals surface area contributed by atoms with E-state index in [2.05, 4.69) is 24.1 Å². The molecule has 1 aromatic heterocycles. The van der Waals surface area contributed by atoms with Gasteiger partial charge in [-0.3, -0.25) is 0 Å². The zero-order valence-corrected chi connectivity index (χ0v) is 14.2. The third-order valence-electron chi connectivity index (χ3n) is 5.03. The van der Waals surface area contributed by atoms with E-state index in [1.165, 1.54) is 48.4 Å². The monoisotopic (exact) mass is 308 g/mol. The Bertz CT molecular complexity index is 448. The van der Waals surface area contributed by atoms with Crippen molar-refractivity contribution in [2.24, 2.45) is 0 Å². The predicted octanol–water partition coefficient (Wildman–Crippen LogP) is 4.24. The summed E-state index contributed by atoms with van der Waals surface area (Å²) in [7, 11) is 0. The van der Waals surface area contributed by atoms with Crippen LogP contribution >= 0.6 is 11.3 Å². The fourth-order valence-corrected chi connectivity index (χ4v) is 4.69. The zero-order chi connectivity index (χ0) is 14.7. The van der Waals surface area contributed by atoms with Crippen molar-refractivity contribution >= 4 is 11.3 Å². The molecule has 3 nitrogen and oxygen atoms in total. The molecule has 1 N–H and O–H groups in total. The number of nitrogens with zero attached hydrogens (tertiary/aromatic N) is 1. The molecule has 2 aliphatic rings. The Morgan fingerprint density at radius 3 is 2.95 bits per heavy atom. The van der Waals surface area contributed by atoms with Crippen molar-refractivity contribution in [1.29, 1.82) is 0 Å². The van der Waals surface area contributed by atoms with Crippen molar-refractivity contribution in [3.05, 3.63) is 16.1 Å². The van der Waals surface area contributed by atoms with E-state index in [4.69, 9.17) is 4.74 Å². The minimum atomic E-state index is 0.186. The van der Waals surface area contributed by atoms with Crippen molar-refractivity contribution < 1.29 is 4.74 Å². The molecule has 2 unspecified atom stereocenters. The molecule has 2 fully saturated rings. The van der Waals surface area contributed by atoms with Crippen LogP contribution in [0.15, 0.2) is 6.20 Å². The lowest BCUT2D eigenvalue weighted by Gasteiger charge is -2.44. The summed E-state index contributed by atoms with van der Waals surface area (Å²) in [6, 6.07) is 0.944. The van der Waals surface area contributed by atoms with Gasteiger partial charge in [-0.2, -0.15) is 0 Å². The van der Waals surface area contributed by atoms with Crippen LogP contribution < -0.4 is 5.32 Å². The number of ether oxygens (including phenoxy) is 1. The third kappa shape index (κ3) is 3.66. The average molecular weight is 308 g/mol. The molecule has 21 heavy (non-hydrogen) atoms. The number of aromatic nitrogens is 1. The summed E-state index contributed by atoms with van der Waals surface area (Å²) in [6.45, 7) is 5.37. The first-order chi connectivity index (χ1) is 10.2. The summed E-state index contributed by atoms with van der Waals surface area (Å²) in [6.07, 6.45) is 12.0. The number of aryl methyl sites for hydroxylation is 1. The second kappa shape index (κ2) is 6.76. The lowest BCUT2D eigenvalue weighted by atomic mass is 9.78. The minimum absolute atomic E-state index is 0.186. The number of thiazole rings is 1. The van der Waals surface area contributed by atoms with E-state index in [0.717, 1.165) is 19.4 Å². The molecular weight excluding hydrogens is 280 g/mol. The highest BCUT2D eigenvalue weighted by Crippen LogP contribution is 2.39. The lowest BCUT2D eigenvalue weighted by Crippen LogP contribution is -2.48. The molecule has 3 rings (SSSR count). The van der Waals surface area contributed by atoms with Crippen molar-refractivity contribution in [3.8, 4) is 0 Å². The molecular formula is C17H28N2OS. The molecule has 1 aliphatic heterocycles. The lowest BCUT2D eigenvalue weighted by molar-refractivity contribution is -0.110. The highest BCUT2D eigenvalue weighted by atomic mass is 32.1. The molecule has 118 valence electrons. The third-order valence-corrected chi connectivity index (χ3v) is 6.36. The zero-order valence-electron chi connectivity index (χ0n) is 13.4. The van der Waals surface area contributed by atoms with Gasteiger partial charge in [0.2, 0.25) is 0 Å². The summed E-state index contributed by atoms with van der Waals surface area (Å²) >= 11 is 1.85. The molecule has 1 spiro atoms. The molecule has 0 radical (unpaired) electrons. The summed E-state index contributed by atoms with van der Waals surface area (Å²) in [5.41, 5.74) is 0.186. The van der Waals surface area contributed by atoms with E-state index in [9.17, 15) is 0 Å². The Morgan fingerprint density at radius 2 is 2.24 bits per heavy atom. The largest absolute Gasteiger partial charge is 0.375 e. The molecule has 1 saturated heterocycles. The Balaban J connectivity index is 1.58. The van der Waals surface area contributed by atoms with E-state index in [1.807, 2.05) is 17.5 Å². The van der Waals surface area contributed by atoms with Crippen LogP contribution in [0.3, 0.4) is 0 Å². The van der Waals surface area contributed by atoms with Gasteiger partial charge in [0, 0.05) is 23.7 Å². The molecule has 0 aromatic carbocycles. The van der Waals surface area contributed by atoms with E-state index in [-0.39, 0.29) is 5.60 Å². The maximum atomic E-state index is 6.19. The SMILES string of the molecule is CCc1cnc(C(C)NC2CCOC3(CCCCC3)C2)s1. The van der Waals surface area contributed by atoms with Gasteiger partial charge in [-0.15, -0.1) is 11.3 Å². The maximum Gasteiger partial charge on any atom is 0.109 e. The molecule has 0 amide bonds. The predicted molar refractivity (Wildman–Crippen MR) is 87.8 cm³/mol. The van der Waals surface area contributed by atoms with Gasteiger partial charge in [0.25, 0.3) is 0 Å². The minimum Gasteiger partial charge on any atom is -0.375 e. The van der Waals surface area contributed by atoms with Crippen molar-refractivity contribution in [2.45, 2.75) is 82.9 Å². The van der Waals surface area contributed by atoms with Crippen LogP contribution in [0.5, 0.6) is 0 Å². The van der Waals surface area contributed by atoms with Crippen LogP contribution in [0, 0.1) is 0 Å². The molecule has 2 heterocycles. The summed E-state index contributed by atoms with van der Waals surface area (Å²) in [4.78, 5) is 5.96. The van der Waals surface area contributed by atoms with E-state index < -0.39 is 0 Å². The molecule has 1 saturated carbocycles. The Hall–Kier alpha value is -0.450. The Kier molecular flexibility index (Phi) is 4.97. The first-order valence-corrected chi connectivity index (χ1v) is 9.37. The number of rotatable bonds is 4. The number of hydrogen-bond acceptors (Lipinski definition) is 4. The smallest absolute Gasteiger partial charge is 0.109 e. The Morgan fingerprint density at radius 1 is 1.43 bits per heavy atom. The molecule has 1 aromatic rings. The standard InChI is InChI=1S/C17H28N2OS/c1-3-15-12-18-16(21-15)13(2)19-14-7-10-20-17(11-14)8-5-4-6-9-17/h12-14,19H,3-11H2,1-2H3. The van der Waals surface area contributed by atoms with Crippen LogP contribution in [0.1, 0.15) is 74.7 Å². The number of hydrogen-bond donors (Lipinski definition) is 1. The van der Waals surface area contributed by atoms with Crippen molar-refractivity contribution in [1.82, 2.24) is 10.3 Å². The van der Waals surface area contributed by atoms with Crippen LogP contribution in [-0.2, 0) is 11.2 Å². The van der Waals surface area contributed by atoms with Gasteiger partial charge in [0.1, 0.15) is 5.01 Å². The van der Waals surface area contributed by atoms with Gasteiger partial charge in [-0.25, -0.2) is 4.98 Å². The first-order valence-electron chi connectivity index (χ1n) is 8.55. The normalized spacial score (nSPS) is 26.9. The quantitative estimate of drug-likeness (QED) is 0.903. The summed E-state index contributed by atoms with van der Waals surface area (Å²) < 4.78 is 6.19. The fourth-order valence-electron chi connectivity index (χ4n) is 3.83. The highest BCUT2D eigenvalue weighted by molar-refractivity contribution is 7.11. The van der Waals surface area contributed by atoms with Crippen LogP contribution in [0.2, 0.25) is 0 Å². The van der Waals surface area contributed by atoms with Gasteiger partial charge < -0.3 is 10.1 Å². The fraction of sp³-hybridized carbons (Fsp3) is 0.824. The van der Waals surface area contributed by atoms with Crippen molar-refractivity contribution in [2.75, 3.05) is 6.61 Å². The topological polar surface area (TPSA) is 34.2 Å². The van der Waals surface area contributed by atoms with E-state index in [0.29, 0.717) is 12.1 Å². The molecule has 0 bridgehead atoms. The van der Waals surface area contributed by atoms with Gasteiger partial charge >= 0.3 is 0 Å². The van der Waals surface area contributed by atoms with E-state index >= 15 is 0 Å².